The Kier molecular flexibility index (Phi) is 6.85. The van der Waals surface area contributed by atoms with Gasteiger partial charge in [0.1, 0.15) is 5.75 Å². The summed E-state index contributed by atoms with van der Waals surface area (Å²) in [4.78, 5) is 27.4. The maximum absolute atomic E-state index is 12.1. The van der Waals surface area contributed by atoms with Gasteiger partial charge in [0.2, 0.25) is 5.91 Å². The highest BCUT2D eigenvalue weighted by atomic mass is 16.5. The van der Waals surface area contributed by atoms with Crippen LogP contribution in [0.1, 0.15) is 30.1 Å². The topological polar surface area (TPSA) is 146 Å². The van der Waals surface area contributed by atoms with Crippen LogP contribution in [0.5, 0.6) is 5.75 Å². The molecule has 8 nitrogen and oxygen atoms in total. The summed E-state index contributed by atoms with van der Waals surface area (Å²) in [5.41, 5.74) is 16.5. The summed E-state index contributed by atoms with van der Waals surface area (Å²) in [6.45, 7) is 2.29. The van der Waals surface area contributed by atoms with Crippen molar-refractivity contribution in [3.8, 4) is 5.75 Å². The Hall–Kier alpha value is -2.77. The predicted molar refractivity (Wildman–Crippen MR) is 89.2 cm³/mol. The molecule has 0 aromatic heterocycles. The zero-order valence-corrected chi connectivity index (χ0v) is 13.3. The summed E-state index contributed by atoms with van der Waals surface area (Å²) in [5, 5.41) is 2.75. The average Bonchev–Trinajstić information content (AvgIpc) is 2.50. The van der Waals surface area contributed by atoms with E-state index >= 15 is 0 Å². The molecule has 0 saturated carbocycles. The number of benzene rings is 1. The molecule has 1 aromatic carbocycles. The van der Waals surface area contributed by atoms with Crippen molar-refractivity contribution in [1.29, 1.82) is 0 Å². The van der Waals surface area contributed by atoms with Crippen LogP contribution in [0.4, 0.5) is 5.69 Å². The van der Waals surface area contributed by atoms with Crippen molar-refractivity contribution >= 4 is 23.5 Å². The number of ether oxygens (including phenoxy) is 1. The van der Waals surface area contributed by atoms with E-state index in [4.69, 9.17) is 21.9 Å². The first kappa shape index (κ1) is 18.3. The molecule has 126 valence electrons. The Morgan fingerprint density at radius 1 is 1.30 bits per heavy atom. The molecule has 1 aromatic rings. The molecule has 1 rings (SSSR count). The van der Waals surface area contributed by atoms with Crippen LogP contribution in [0.25, 0.3) is 0 Å². The minimum absolute atomic E-state index is 0.0410. The molecule has 1 atom stereocenters. The summed E-state index contributed by atoms with van der Waals surface area (Å²) in [6, 6.07) is 4.72. The number of primary amides is 1. The van der Waals surface area contributed by atoms with Gasteiger partial charge in [-0.2, -0.15) is 0 Å². The highest BCUT2D eigenvalue weighted by Gasteiger charge is 2.15. The molecule has 0 heterocycles. The molecule has 0 saturated heterocycles. The number of methoxy groups -OCH3 is 1. The van der Waals surface area contributed by atoms with Crippen LogP contribution in [0.2, 0.25) is 0 Å². The lowest BCUT2D eigenvalue weighted by Crippen LogP contribution is -2.23. The second kappa shape index (κ2) is 8.62. The van der Waals surface area contributed by atoms with Crippen molar-refractivity contribution in [3.63, 3.8) is 0 Å². The number of amides is 2. The normalized spacial score (nSPS) is 11.4. The van der Waals surface area contributed by atoms with Crippen molar-refractivity contribution in [2.75, 3.05) is 19.0 Å². The first-order valence-corrected chi connectivity index (χ1v) is 7.19. The quantitative estimate of drug-likeness (QED) is 0.311. The highest BCUT2D eigenvalue weighted by Crippen LogP contribution is 2.22. The van der Waals surface area contributed by atoms with Gasteiger partial charge in [0.05, 0.1) is 12.7 Å². The molecular formula is C15H23N5O3. The predicted octanol–water partition coefficient (Wildman–Crippen LogP) is 0.422. The number of carbonyl (C=O) groups is 2. The monoisotopic (exact) mass is 321 g/mol. The lowest BCUT2D eigenvalue weighted by Gasteiger charge is -2.13. The van der Waals surface area contributed by atoms with Gasteiger partial charge in [0.25, 0.3) is 5.91 Å². The molecule has 0 fully saturated rings. The van der Waals surface area contributed by atoms with Crippen LogP contribution in [0.15, 0.2) is 23.2 Å². The molecular weight excluding hydrogens is 298 g/mol. The third kappa shape index (κ3) is 5.85. The van der Waals surface area contributed by atoms with Gasteiger partial charge in [-0.3, -0.25) is 14.6 Å². The van der Waals surface area contributed by atoms with Gasteiger partial charge in [-0.15, -0.1) is 0 Å². The van der Waals surface area contributed by atoms with Crippen LogP contribution in [0, 0.1) is 5.92 Å². The number of carbonyl (C=O) groups excluding carboxylic acids is 2. The molecule has 2 amide bonds. The van der Waals surface area contributed by atoms with E-state index in [9.17, 15) is 9.59 Å². The summed E-state index contributed by atoms with van der Waals surface area (Å²) in [5.74, 6) is -0.595. The summed E-state index contributed by atoms with van der Waals surface area (Å²) >= 11 is 0. The SMILES string of the molecule is COc1ccc(NC(=O)[C@@H](C)CCCN=C(N)N)cc1C(N)=O. The van der Waals surface area contributed by atoms with Crippen molar-refractivity contribution in [1.82, 2.24) is 0 Å². The lowest BCUT2D eigenvalue weighted by molar-refractivity contribution is -0.119. The molecule has 7 N–H and O–H groups in total. The largest absolute Gasteiger partial charge is 0.496 e. The number of guanidine groups is 1. The van der Waals surface area contributed by atoms with Crippen LogP contribution in [-0.2, 0) is 4.79 Å². The molecule has 0 aliphatic rings. The molecule has 23 heavy (non-hydrogen) atoms. The van der Waals surface area contributed by atoms with Gasteiger partial charge >= 0.3 is 0 Å². The molecule has 0 unspecified atom stereocenters. The van der Waals surface area contributed by atoms with E-state index in [0.29, 0.717) is 30.8 Å². The van der Waals surface area contributed by atoms with E-state index in [1.165, 1.54) is 13.2 Å². The third-order valence-electron chi connectivity index (χ3n) is 3.27. The maximum Gasteiger partial charge on any atom is 0.252 e. The Balaban J connectivity index is 2.64. The minimum Gasteiger partial charge on any atom is -0.496 e. The Morgan fingerprint density at radius 2 is 2.00 bits per heavy atom. The number of nitrogens with one attached hydrogen (secondary N) is 1. The van der Waals surface area contributed by atoms with Crippen LogP contribution >= 0.6 is 0 Å². The Morgan fingerprint density at radius 3 is 2.57 bits per heavy atom. The van der Waals surface area contributed by atoms with E-state index in [0.717, 1.165) is 0 Å². The molecule has 0 aliphatic carbocycles. The highest BCUT2D eigenvalue weighted by molar-refractivity contribution is 5.98. The summed E-state index contributed by atoms with van der Waals surface area (Å²) in [7, 11) is 1.44. The lowest BCUT2D eigenvalue weighted by atomic mass is 10.0. The third-order valence-corrected chi connectivity index (χ3v) is 3.27. The fourth-order valence-corrected chi connectivity index (χ4v) is 1.98. The number of rotatable bonds is 8. The number of hydrogen-bond acceptors (Lipinski definition) is 4. The van der Waals surface area contributed by atoms with Crippen molar-refractivity contribution < 1.29 is 14.3 Å². The maximum atomic E-state index is 12.1. The average molecular weight is 321 g/mol. The molecule has 8 heteroatoms. The summed E-state index contributed by atoms with van der Waals surface area (Å²) < 4.78 is 5.05. The van der Waals surface area contributed by atoms with Crippen molar-refractivity contribution in [3.05, 3.63) is 23.8 Å². The van der Waals surface area contributed by atoms with E-state index in [-0.39, 0.29) is 23.3 Å². The number of nitrogens with zero attached hydrogens (tertiary/aromatic N) is 1. The standard InChI is InChI=1S/C15H23N5O3/c1-9(4-3-7-19-15(17)18)14(22)20-10-5-6-12(23-2)11(8-10)13(16)21/h5-6,8-9H,3-4,7H2,1-2H3,(H2,16,21)(H,20,22)(H4,17,18,19)/t9-/m0/s1. The zero-order chi connectivity index (χ0) is 17.4. The first-order valence-electron chi connectivity index (χ1n) is 7.19. The van der Waals surface area contributed by atoms with Gasteiger partial charge in [-0.1, -0.05) is 6.92 Å². The number of hydrogen-bond donors (Lipinski definition) is 4. The smallest absolute Gasteiger partial charge is 0.252 e. The fraction of sp³-hybridized carbons (Fsp3) is 0.400. The van der Waals surface area contributed by atoms with Gasteiger partial charge in [-0.25, -0.2) is 0 Å². The van der Waals surface area contributed by atoms with Crippen molar-refractivity contribution in [2.45, 2.75) is 19.8 Å². The number of anilines is 1. The first-order chi connectivity index (χ1) is 10.8. The number of nitrogens with two attached hydrogens (primary N) is 3. The van der Waals surface area contributed by atoms with Crippen LogP contribution in [-0.4, -0.2) is 31.4 Å². The molecule has 0 bridgehead atoms. The van der Waals surface area contributed by atoms with E-state index < -0.39 is 5.91 Å². The van der Waals surface area contributed by atoms with E-state index in [1.54, 1.807) is 12.1 Å². The Labute approximate surface area is 135 Å². The summed E-state index contributed by atoms with van der Waals surface area (Å²) in [6.07, 6.45) is 1.34. The van der Waals surface area contributed by atoms with Crippen LogP contribution in [0.3, 0.4) is 0 Å². The van der Waals surface area contributed by atoms with Crippen LogP contribution < -0.4 is 27.3 Å². The minimum atomic E-state index is -0.622. The second-order valence-corrected chi connectivity index (χ2v) is 5.12. The van der Waals surface area contributed by atoms with Gasteiger partial charge in [-0.05, 0) is 31.0 Å². The second-order valence-electron chi connectivity index (χ2n) is 5.12. The van der Waals surface area contributed by atoms with Gasteiger partial charge in [0, 0.05) is 18.2 Å². The molecule has 0 radical (unpaired) electrons. The number of aliphatic imine (C=N–C) groups is 1. The van der Waals surface area contributed by atoms with Gasteiger partial charge < -0.3 is 27.3 Å². The van der Waals surface area contributed by atoms with E-state index in [1.807, 2.05) is 6.92 Å². The Bertz CT molecular complexity index is 597. The molecule has 0 spiro atoms. The zero-order valence-electron chi connectivity index (χ0n) is 13.3. The van der Waals surface area contributed by atoms with Crippen molar-refractivity contribution in [2.24, 2.45) is 28.1 Å². The molecule has 0 aliphatic heterocycles. The van der Waals surface area contributed by atoms with E-state index in [2.05, 4.69) is 10.3 Å². The van der Waals surface area contributed by atoms with Gasteiger partial charge in [0.15, 0.2) is 5.96 Å². The fourth-order valence-electron chi connectivity index (χ4n) is 1.98.